The second-order valence-corrected chi connectivity index (χ2v) is 5.74. The van der Waals surface area contributed by atoms with Crippen LogP contribution in [0.15, 0.2) is 22.7 Å². The number of hydrogen-bond acceptors (Lipinski definition) is 3. The average Bonchev–Trinajstić information content (AvgIpc) is 2.84. The highest BCUT2D eigenvalue weighted by molar-refractivity contribution is 9.10. The summed E-state index contributed by atoms with van der Waals surface area (Å²) in [7, 11) is 0. The highest BCUT2D eigenvalue weighted by atomic mass is 79.9. The Morgan fingerprint density at radius 3 is 2.84 bits per heavy atom. The summed E-state index contributed by atoms with van der Waals surface area (Å²) in [6, 6.07) is 7.48. The van der Waals surface area contributed by atoms with Gasteiger partial charge in [0.2, 0.25) is 0 Å². The summed E-state index contributed by atoms with van der Waals surface area (Å²) in [4.78, 5) is 13.5. The molecule has 1 aliphatic heterocycles. The van der Waals surface area contributed by atoms with Crippen molar-refractivity contribution in [1.29, 1.82) is 5.26 Å². The van der Waals surface area contributed by atoms with Crippen LogP contribution < -0.4 is 4.90 Å². The summed E-state index contributed by atoms with van der Waals surface area (Å²) in [5.41, 5.74) is 0.901. The molecule has 0 bridgehead atoms. The molecule has 19 heavy (non-hydrogen) atoms. The predicted octanol–water partition coefficient (Wildman–Crippen LogP) is 3.01. The summed E-state index contributed by atoms with van der Waals surface area (Å²) >= 11 is 3.45. The molecule has 1 aliphatic rings. The van der Waals surface area contributed by atoms with Crippen LogP contribution in [0.4, 0.5) is 5.69 Å². The van der Waals surface area contributed by atoms with Gasteiger partial charge in [-0.3, -0.25) is 4.79 Å². The number of carboxylic acids is 1. The first-order chi connectivity index (χ1) is 9.02. The number of benzene rings is 1. The Morgan fingerprint density at radius 2 is 2.37 bits per heavy atom. The molecule has 2 rings (SSSR count). The Morgan fingerprint density at radius 1 is 1.63 bits per heavy atom. The van der Waals surface area contributed by atoms with Crippen molar-refractivity contribution in [3.05, 3.63) is 28.2 Å². The number of nitrogens with zero attached hydrogens (tertiary/aromatic N) is 2. The number of aliphatic carboxylic acids is 1. The molecule has 1 aromatic carbocycles. The molecule has 4 nitrogen and oxygen atoms in total. The fraction of sp³-hybridized carbons (Fsp3) is 0.429. The Balaban J connectivity index is 2.26. The van der Waals surface area contributed by atoms with Crippen LogP contribution in [-0.4, -0.2) is 24.2 Å². The van der Waals surface area contributed by atoms with Gasteiger partial charge >= 0.3 is 5.97 Å². The molecule has 0 spiro atoms. The van der Waals surface area contributed by atoms with E-state index in [2.05, 4.69) is 26.9 Å². The van der Waals surface area contributed by atoms with Gasteiger partial charge in [-0.25, -0.2) is 0 Å². The average molecular weight is 323 g/mol. The molecule has 0 aromatic heterocycles. The quantitative estimate of drug-likeness (QED) is 0.929. The molecule has 1 fully saturated rings. The van der Waals surface area contributed by atoms with Gasteiger partial charge in [0.25, 0.3) is 0 Å². The van der Waals surface area contributed by atoms with Gasteiger partial charge in [-0.05, 0) is 47.0 Å². The summed E-state index contributed by atoms with van der Waals surface area (Å²) < 4.78 is 0.837. The molecule has 1 atom stereocenters. The van der Waals surface area contributed by atoms with E-state index in [-0.39, 0.29) is 0 Å². The fourth-order valence-electron chi connectivity index (χ4n) is 2.53. The van der Waals surface area contributed by atoms with Crippen molar-refractivity contribution in [2.45, 2.75) is 19.8 Å². The van der Waals surface area contributed by atoms with E-state index in [1.165, 1.54) is 0 Å². The monoisotopic (exact) mass is 322 g/mol. The first-order valence-corrected chi connectivity index (χ1v) is 7.00. The van der Waals surface area contributed by atoms with E-state index in [9.17, 15) is 9.90 Å². The van der Waals surface area contributed by atoms with Crippen LogP contribution in [0.3, 0.4) is 0 Å². The fourth-order valence-corrected chi connectivity index (χ4v) is 3.15. The van der Waals surface area contributed by atoms with Gasteiger partial charge in [-0.2, -0.15) is 5.26 Å². The van der Waals surface area contributed by atoms with Gasteiger partial charge < -0.3 is 10.0 Å². The van der Waals surface area contributed by atoms with Gasteiger partial charge in [-0.1, -0.05) is 6.92 Å². The van der Waals surface area contributed by atoms with Gasteiger partial charge in [-0.15, -0.1) is 0 Å². The lowest BCUT2D eigenvalue weighted by molar-refractivity contribution is -0.147. The summed E-state index contributed by atoms with van der Waals surface area (Å²) in [5.74, 6) is -0.720. The zero-order chi connectivity index (χ0) is 14.0. The van der Waals surface area contributed by atoms with E-state index in [4.69, 9.17) is 5.26 Å². The molecule has 0 saturated carbocycles. The van der Waals surface area contributed by atoms with Crippen LogP contribution >= 0.6 is 15.9 Å². The second-order valence-electron chi connectivity index (χ2n) is 4.89. The largest absolute Gasteiger partial charge is 0.481 e. The third-order valence-corrected chi connectivity index (χ3v) is 4.54. The van der Waals surface area contributed by atoms with Crippen molar-refractivity contribution in [2.24, 2.45) is 5.41 Å². The zero-order valence-corrected chi connectivity index (χ0v) is 12.3. The standard InChI is InChI=1S/C14H15BrN2O2/c1-2-14(13(18)19)5-6-17(9-14)12-4-3-10(8-16)7-11(12)15/h3-4,7H,2,5-6,9H2,1H3,(H,18,19). The lowest BCUT2D eigenvalue weighted by atomic mass is 9.84. The molecule has 1 heterocycles. The highest BCUT2D eigenvalue weighted by Gasteiger charge is 2.43. The normalized spacial score (nSPS) is 22.3. The molecule has 0 amide bonds. The third kappa shape index (κ3) is 2.45. The molecule has 1 saturated heterocycles. The molecular weight excluding hydrogens is 308 g/mol. The van der Waals surface area contributed by atoms with Crippen molar-refractivity contribution < 1.29 is 9.90 Å². The van der Waals surface area contributed by atoms with Crippen LogP contribution in [0.1, 0.15) is 25.3 Å². The minimum Gasteiger partial charge on any atom is -0.481 e. The maximum absolute atomic E-state index is 11.4. The first kappa shape index (κ1) is 13.9. The van der Waals surface area contributed by atoms with Gasteiger partial charge in [0.1, 0.15) is 0 Å². The van der Waals surface area contributed by atoms with Gasteiger partial charge in [0, 0.05) is 17.6 Å². The van der Waals surface area contributed by atoms with E-state index in [0.29, 0.717) is 24.9 Å². The smallest absolute Gasteiger partial charge is 0.311 e. The topological polar surface area (TPSA) is 64.3 Å². The Kier molecular flexibility index (Phi) is 3.81. The predicted molar refractivity (Wildman–Crippen MR) is 76.0 cm³/mol. The van der Waals surface area contributed by atoms with E-state index >= 15 is 0 Å². The number of nitriles is 1. The molecular formula is C14H15BrN2O2. The second kappa shape index (κ2) is 5.22. The van der Waals surface area contributed by atoms with Crippen LogP contribution in [-0.2, 0) is 4.79 Å². The maximum atomic E-state index is 11.4. The number of anilines is 1. The molecule has 0 radical (unpaired) electrons. The molecule has 100 valence electrons. The maximum Gasteiger partial charge on any atom is 0.311 e. The Bertz CT molecular complexity index is 553. The summed E-state index contributed by atoms with van der Waals surface area (Å²) in [6.45, 7) is 3.17. The summed E-state index contributed by atoms with van der Waals surface area (Å²) in [5, 5.41) is 18.2. The van der Waals surface area contributed by atoms with Crippen molar-refractivity contribution in [2.75, 3.05) is 18.0 Å². The van der Waals surface area contributed by atoms with E-state index < -0.39 is 11.4 Å². The lowest BCUT2D eigenvalue weighted by Gasteiger charge is -2.25. The third-order valence-electron chi connectivity index (χ3n) is 3.90. The molecule has 1 unspecified atom stereocenters. The van der Waals surface area contributed by atoms with Crippen molar-refractivity contribution >= 4 is 27.6 Å². The van der Waals surface area contributed by atoms with E-state index in [1.807, 2.05) is 13.0 Å². The van der Waals surface area contributed by atoms with Crippen LogP contribution in [0.5, 0.6) is 0 Å². The minimum absolute atomic E-state index is 0.517. The number of carboxylic acid groups (broad SMARTS) is 1. The SMILES string of the molecule is CCC1(C(=O)O)CCN(c2ccc(C#N)cc2Br)C1. The molecule has 0 aliphatic carbocycles. The Labute approximate surface area is 120 Å². The van der Waals surface area contributed by atoms with Crippen molar-refractivity contribution in [1.82, 2.24) is 0 Å². The number of carbonyl (C=O) groups is 1. The van der Waals surface area contributed by atoms with E-state index in [1.54, 1.807) is 12.1 Å². The number of hydrogen-bond donors (Lipinski definition) is 1. The number of rotatable bonds is 3. The molecule has 1 N–H and O–H groups in total. The van der Waals surface area contributed by atoms with Gasteiger partial charge in [0.05, 0.1) is 22.7 Å². The zero-order valence-electron chi connectivity index (χ0n) is 10.7. The first-order valence-electron chi connectivity index (χ1n) is 6.20. The van der Waals surface area contributed by atoms with Crippen molar-refractivity contribution in [3.8, 4) is 6.07 Å². The molecule has 1 aromatic rings. The van der Waals surface area contributed by atoms with E-state index in [0.717, 1.165) is 16.7 Å². The van der Waals surface area contributed by atoms with Crippen LogP contribution in [0, 0.1) is 16.7 Å². The minimum atomic E-state index is -0.720. The van der Waals surface area contributed by atoms with Crippen LogP contribution in [0.2, 0.25) is 0 Å². The van der Waals surface area contributed by atoms with Crippen molar-refractivity contribution in [3.63, 3.8) is 0 Å². The Hall–Kier alpha value is -1.54. The lowest BCUT2D eigenvalue weighted by Crippen LogP contribution is -2.34. The van der Waals surface area contributed by atoms with Gasteiger partial charge in [0.15, 0.2) is 0 Å². The highest BCUT2D eigenvalue weighted by Crippen LogP contribution is 2.39. The van der Waals surface area contributed by atoms with Crippen LogP contribution in [0.25, 0.3) is 0 Å². The molecule has 5 heteroatoms. The summed E-state index contributed by atoms with van der Waals surface area (Å²) in [6.07, 6.45) is 1.29. The number of halogens is 1.